The Hall–Kier alpha value is -1.32. The van der Waals surface area contributed by atoms with E-state index in [1.165, 1.54) is 6.26 Å². The topological polar surface area (TPSA) is 47.6 Å². The van der Waals surface area contributed by atoms with Crippen LogP contribution in [-0.4, -0.2) is 23.0 Å². The highest BCUT2D eigenvalue weighted by Crippen LogP contribution is 2.35. The van der Waals surface area contributed by atoms with Crippen molar-refractivity contribution in [3.8, 4) is 0 Å². The standard InChI is InChI=1S/C12H18N2O2/c1-8(2)12(9(3)4)7-16-11(14-12)10-13-5-6-15-10/h5-6,8-9H,7H2,1-4H3. The molecule has 0 saturated heterocycles. The first-order valence-electron chi connectivity index (χ1n) is 5.69. The van der Waals surface area contributed by atoms with E-state index in [1.807, 2.05) is 0 Å². The average molecular weight is 222 g/mol. The van der Waals surface area contributed by atoms with Crippen molar-refractivity contribution in [2.45, 2.75) is 33.2 Å². The molecule has 1 aromatic rings. The highest BCUT2D eigenvalue weighted by atomic mass is 16.5. The molecular formula is C12H18N2O2. The van der Waals surface area contributed by atoms with Crippen LogP contribution in [-0.2, 0) is 4.74 Å². The number of hydrogen-bond donors (Lipinski definition) is 0. The molecule has 0 fully saturated rings. The number of aromatic nitrogens is 1. The number of rotatable bonds is 3. The molecular weight excluding hydrogens is 204 g/mol. The van der Waals surface area contributed by atoms with Gasteiger partial charge in [-0.2, -0.15) is 0 Å². The molecule has 1 aromatic heterocycles. The maximum Gasteiger partial charge on any atom is 0.282 e. The largest absolute Gasteiger partial charge is 0.471 e. The average Bonchev–Trinajstić information content (AvgIpc) is 2.87. The van der Waals surface area contributed by atoms with Gasteiger partial charge >= 0.3 is 0 Å². The Morgan fingerprint density at radius 1 is 1.25 bits per heavy atom. The fraction of sp³-hybridized carbons (Fsp3) is 0.667. The Morgan fingerprint density at radius 3 is 2.38 bits per heavy atom. The lowest BCUT2D eigenvalue weighted by Gasteiger charge is -2.32. The van der Waals surface area contributed by atoms with Crippen LogP contribution in [0.1, 0.15) is 33.6 Å². The summed E-state index contributed by atoms with van der Waals surface area (Å²) in [7, 11) is 0. The van der Waals surface area contributed by atoms with Crippen LogP contribution in [0.3, 0.4) is 0 Å². The second-order valence-electron chi connectivity index (χ2n) is 4.84. The van der Waals surface area contributed by atoms with E-state index < -0.39 is 0 Å². The quantitative estimate of drug-likeness (QED) is 0.789. The molecule has 2 heterocycles. The Bertz CT molecular complexity index is 372. The second kappa shape index (κ2) is 3.92. The van der Waals surface area contributed by atoms with Gasteiger partial charge in [0.25, 0.3) is 11.8 Å². The van der Waals surface area contributed by atoms with Gasteiger partial charge in [-0.05, 0) is 11.8 Å². The molecule has 0 aromatic carbocycles. The minimum Gasteiger partial charge on any atom is -0.471 e. The van der Waals surface area contributed by atoms with E-state index >= 15 is 0 Å². The fourth-order valence-electron chi connectivity index (χ4n) is 2.13. The van der Waals surface area contributed by atoms with E-state index in [9.17, 15) is 0 Å². The second-order valence-corrected chi connectivity index (χ2v) is 4.84. The third-order valence-electron chi connectivity index (χ3n) is 3.36. The maximum absolute atomic E-state index is 5.63. The van der Waals surface area contributed by atoms with Crippen LogP contribution < -0.4 is 0 Å². The van der Waals surface area contributed by atoms with Gasteiger partial charge in [0.15, 0.2) is 0 Å². The number of oxazole rings is 1. The van der Waals surface area contributed by atoms with Crippen LogP contribution >= 0.6 is 0 Å². The predicted molar refractivity (Wildman–Crippen MR) is 61.4 cm³/mol. The van der Waals surface area contributed by atoms with Gasteiger partial charge < -0.3 is 9.15 Å². The normalized spacial score (nSPS) is 19.0. The van der Waals surface area contributed by atoms with Gasteiger partial charge in [0, 0.05) is 0 Å². The lowest BCUT2D eigenvalue weighted by atomic mass is 9.78. The smallest absolute Gasteiger partial charge is 0.282 e. The molecule has 0 spiro atoms. The molecule has 0 atom stereocenters. The number of ether oxygens (including phenoxy) is 1. The highest BCUT2D eigenvalue weighted by molar-refractivity contribution is 5.91. The van der Waals surface area contributed by atoms with Gasteiger partial charge in [-0.25, -0.2) is 9.98 Å². The van der Waals surface area contributed by atoms with Crippen molar-refractivity contribution in [1.29, 1.82) is 0 Å². The monoisotopic (exact) mass is 222 g/mol. The summed E-state index contributed by atoms with van der Waals surface area (Å²) < 4.78 is 10.8. The van der Waals surface area contributed by atoms with E-state index in [-0.39, 0.29) is 5.54 Å². The summed E-state index contributed by atoms with van der Waals surface area (Å²) in [5, 5.41) is 0. The van der Waals surface area contributed by atoms with E-state index in [0.717, 1.165) is 0 Å². The summed E-state index contributed by atoms with van der Waals surface area (Å²) >= 11 is 0. The molecule has 0 saturated carbocycles. The van der Waals surface area contributed by atoms with Crippen LogP contribution in [0.15, 0.2) is 21.9 Å². The van der Waals surface area contributed by atoms with Crippen molar-refractivity contribution < 1.29 is 9.15 Å². The van der Waals surface area contributed by atoms with Crippen molar-refractivity contribution in [1.82, 2.24) is 4.98 Å². The molecule has 2 rings (SSSR count). The minimum absolute atomic E-state index is 0.149. The molecule has 1 aliphatic rings. The molecule has 0 aliphatic carbocycles. The highest BCUT2D eigenvalue weighted by Gasteiger charge is 2.43. The number of aliphatic imine (C=N–C) groups is 1. The first-order chi connectivity index (χ1) is 7.56. The molecule has 0 radical (unpaired) electrons. The Kier molecular flexibility index (Phi) is 2.74. The minimum atomic E-state index is -0.149. The third kappa shape index (κ3) is 1.62. The van der Waals surface area contributed by atoms with Gasteiger partial charge in [-0.1, -0.05) is 27.7 Å². The van der Waals surface area contributed by atoms with Gasteiger partial charge in [-0.15, -0.1) is 0 Å². The molecule has 4 nitrogen and oxygen atoms in total. The predicted octanol–water partition coefficient (Wildman–Crippen LogP) is 2.50. The third-order valence-corrected chi connectivity index (χ3v) is 3.36. The summed E-state index contributed by atoms with van der Waals surface area (Å²) in [5.74, 6) is 1.87. The van der Waals surface area contributed by atoms with Gasteiger partial charge in [0.1, 0.15) is 18.4 Å². The Morgan fingerprint density at radius 2 is 1.94 bits per heavy atom. The van der Waals surface area contributed by atoms with Crippen LogP contribution in [0.25, 0.3) is 0 Å². The van der Waals surface area contributed by atoms with Crippen LogP contribution in [0, 0.1) is 11.8 Å². The first-order valence-corrected chi connectivity index (χ1v) is 5.69. The summed E-state index contributed by atoms with van der Waals surface area (Å²) in [6.07, 6.45) is 3.14. The summed E-state index contributed by atoms with van der Waals surface area (Å²) in [5.41, 5.74) is -0.149. The molecule has 0 unspecified atom stereocenters. The SMILES string of the molecule is CC(C)C1(C(C)C)COC(c2ncco2)=N1. The van der Waals surface area contributed by atoms with Crippen LogP contribution in [0.2, 0.25) is 0 Å². The van der Waals surface area contributed by atoms with Crippen molar-refractivity contribution in [2.24, 2.45) is 16.8 Å². The number of nitrogens with zero attached hydrogens (tertiary/aromatic N) is 2. The molecule has 0 amide bonds. The summed E-state index contributed by atoms with van der Waals surface area (Å²) in [6.45, 7) is 9.30. The van der Waals surface area contributed by atoms with Crippen molar-refractivity contribution in [3.05, 3.63) is 18.4 Å². The fourth-order valence-corrected chi connectivity index (χ4v) is 2.13. The van der Waals surface area contributed by atoms with Crippen molar-refractivity contribution in [2.75, 3.05) is 6.61 Å². The molecule has 0 N–H and O–H groups in total. The summed E-state index contributed by atoms with van der Waals surface area (Å²) in [6, 6.07) is 0. The molecule has 0 bridgehead atoms. The van der Waals surface area contributed by atoms with Crippen molar-refractivity contribution >= 4 is 5.90 Å². The lowest BCUT2D eigenvalue weighted by molar-refractivity contribution is 0.158. The zero-order chi connectivity index (χ0) is 11.8. The Balaban J connectivity index is 2.33. The Labute approximate surface area is 95.7 Å². The van der Waals surface area contributed by atoms with Gasteiger partial charge in [0.05, 0.1) is 6.20 Å². The van der Waals surface area contributed by atoms with E-state index in [4.69, 9.17) is 14.1 Å². The van der Waals surface area contributed by atoms with Crippen LogP contribution in [0.5, 0.6) is 0 Å². The van der Waals surface area contributed by atoms with Crippen LogP contribution in [0.4, 0.5) is 0 Å². The van der Waals surface area contributed by atoms with E-state index in [2.05, 4.69) is 32.7 Å². The van der Waals surface area contributed by atoms with E-state index in [0.29, 0.717) is 30.2 Å². The lowest BCUT2D eigenvalue weighted by Crippen LogP contribution is -2.40. The molecule has 16 heavy (non-hydrogen) atoms. The summed E-state index contributed by atoms with van der Waals surface area (Å²) in [4.78, 5) is 8.76. The molecule has 88 valence electrons. The van der Waals surface area contributed by atoms with Gasteiger partial charge in [0.2, 0.25) is 0 Å². The van der Waals surface area contributed by atoms with E-state index in [1.54, 1.807) is 6.20 Å². The molecule has 1 aliphatic heterocycles. The zero-order valence-corrected chi connectivity index (χ0v) is 10.2. The number of hydrogen-bond acceptors (Lipinski definition) is 4. The molecule has 4 heteroatoms. The zero-order valence-electron chi connectivity index (χ0n) is 10.2. The first kappa shape index (κ1) is 11.2. The maximum atomic E-state index is 5.63. The van der Waals surface area contributed by atoms with Crippen molar-refractivity contribution in [3.63, 3.8) is 0 Å². The van der Waals surface area contributed by atoms with Gasteiger partial charge in [-0.3, -0.25) is 0 Å².